The number of hydrogen-bond acceptors (Lipinski definition) is 5. The number of amidine groups is 2. The van der Waals surface area contributed by atoms with Crippen LogP contribution in [0.1, 0.15) is 16.7 Å². The van der Waals surface area contributed by atoms with Crippen molar-refractivity contribution in [1.29, 1.82) is 5.41 Å². The maximum atomic E-state index is 7.31. The summed E-state index contributed by atoms with van der Waals surface area (Å²) in [6.45, 7) is 0. The lowest BCUT2D eigenvalue weighted by molar-refractivity contribution is 0.841. The van der Waals surface area contributed by atoms with Crippen molar-refractivity contribution in [2.75, 3.05) is 16.5 Å². The summed E-state index contributed by atoms with van der Waals surface area (Å²) in [5, 5.41) is 18.6. The van der Waals surface area contributed by atoms with Crippen molar-refractivity contribution in [2.45, 2.75) is 0 Å². The second-order valence-corrected chi connectivity index (χ2v) is 6.12. The lowest BCUT2D eigenvalue weighted by Crippen LogP contribution is -2.31. The normalized spacial score (nSPS) is 12.5. The molecule has 1 aromatic heterocycles. The van der Waals surface area contributed by atoms with Gasteiger partial charge in [-0.25, -0.2) is 9.98 Å². The van der Waals surface area contributed by atoms with Gasteiger partial charge in [0, 0.05) is 11.2 Å². The topological polar surface area (TPSA) is 106 Å². The Morgan fingerprint density at radius 3 is 2.58 bits per heavy atom. The highest BCUT2D eigenvalue weighted by Crippen LogP contribution is 2.20. The first-order chi connectivity index (χ1) is 12.6. The highest BCUT2D eigenvalue weighted by Gasteiger charge is 2.29. The van der Waals surface area contributed by atoms with Gasteiger partial charge in [0.1, 0.15) is 5.56 Å². The van der Waals surface area contributed by atoms with Crippen LogP contribution in [0.5, 0.6) is 0 Å². The van der Waals surface area contributed by atoms with Crippen LogP contribution in [-0.2, 0) is 0 Å². The highest BCUT2D eigenvalue weighted by molar-refractivity contribution is 6.30. The molecule has 0 atom stereocenters. The fourth-order valence-electron chi connectivity index (χ4n) is 2.61. The van der Waals surface area contributed by atoms with E-state index in [1.807, 2.05) is 36.4 Å². The minimum atomic E-state index is 0.629. The van der Waals surface area contributed by atoms with Crippen LogP contribution in [0.4, 0.5) is 11.5 Å². The zero-order valence-corrected chi connectivity index (χ0v) is 14.3. The van der Waals surface area contributed by atoms with Crippen LogP contribution in [0.25, 0.3) is 0 Å². The largest absolute Gasteiger partial charge is 0.328 e. The molecule has 7 nitrogen and oxygen atoms in total. The molecule has 4 rings (SSSR count). The first-order valence-corrected chi connectivity index (χ1v) is 8.21. The van der Waals surface area contributed by atoms with Gasteiger partial charge in [0.2, 0.25) is 5.82 Å². The van der Waals surface area contributed by atoms with Crippen molar-refractivity contribution in [3.63, 3.8) is 0 Å². The monoisotopic (exact) mass is 364 g/mol. The minimum Gasteiger partial charge on any atom is -0.320 e. The van der Waals surface area contributed by atoms with Crippen molar-refractivity contribution in [3.8, 4) is 0 Å². The van der Waals surface area contributed by atoms with Gasteiger partial charge in [-0.05, 0) is 42.0 Å². The van der Waals surface area contributed by atoms with Gasteiger partial charge in [-0.1, -0.05) is 23.7 Å². The molecule has 8 heteroatoms. The number of nitrogens with two attached hydrogens (primary N) is 1. The molecule has 5 N–H and O–H groups in total. The molecule has 3 aromatic rings. The van der Waals surface area contributed by atoms with Gasteiger partial charge in [0.05, 0.1) is 17.4 Å². The molecule has 0 saturated heterocycles. The summed E-state index contributed by atoms with van der Waals surface area (Å²) in [7, 11) is 0. The number of nitrogens with zero attached hydrogens (tertiary/aromatic N) is 3. The molecule has 26 heavy (non-hydrogen) atoms. The SMILES string of the molecule is N=Cc1ccc(C2=[N+]=C(Nc3ccc(Cl)cc3)c3cnn(N)c3N2)cc1. The average molecular weight is 365 g/mol. The zero-order chi connectivity index (χ0) is 18.1. The molecule has 0 fully saturated rings. The number of nitrogens with one attached hydrogen (secondary N) is 3. The summed E-state index contributed by atoms with van der Waals surface area (Å²) in [6.07, 6.45) is 2.95. The molecule has 0 bridgehead atoms. The Kier molecular flexibility index (Phi) is 3.93. The Morgan fingerprint density at radius 2 is 1.88 bits per heavy atom. The van der Waals surface area contributed by atoms with E-state index in [-0.39, 0.29) is 0 Å². The summed E-state index contributed by atoms with van der Waals surface area (Å²) in [6, 6.07) is 14.9. The van der Waals surface area contributed by atoms with Crippen molar-refractivity contribution in [3.05, 3.63) is 76.4 Å². The van der Waals surface area contributed by atoms with Gasteiger partial charge in [0.15, 0.2) is 0 Å². The molecule has 128 valence electrons. The predicted molar refractivity (Wildman–Crippen MR) is 106 cm³/mol. The fraction of sp³-hybridized carbons (Fsp3) is 0. The van der Waals surface area contributed by atoms with E-state index in [1.54, 1.807) is 18.3 Å². The molecule has 0 radical (unpaired) electrons. The van der Waals surface area contributed by atoms with Crippen LogP contribution >= 0.6 is 11.6 Å². The van der Waals surface area contributed by atoms with Crippen molar-refractivity contribution < 1.29 is 0 Å². The molecule has 0 spiro atoms. The van der Waals surface area contributed by atoms with E-state index >= 15 is 0 Å². The standard InChI is InChI=1S/C18H14ClN7/c19-13-5-7-14(8-6-13)23-17-15-10-22-26(21)18(15)25-16(24-17)12-3-1-11(9-20)2-4-12/h1-10,20H,21H2,(H,22,23,24,25)/p+1. The van der Waals surface area contributed by atoms with E-state index in [4.69, 9.17) is 27.5 Å². The van der Waals surface area contributed by atoms with Gasteiger partial charge in [-0.3, -0.25) is 5.32 Å². The second-order valence-electron chi connectivity index (χ2n) is 5.68. The second kappa shape index (κ2) is 6.40. The third-order valence-electron chi connectivity index (χ3n) is 3.97. The van der Waals surface area contributed by atoms with Gasteiger partial charge in [-0.15, -0.1) is 4.79 Å². The van der Waals surface area contributed by atoms with E-state index < -0.39 is 0 Å². The number of aromatic nitrogens is 2. The zero-order valence-electron chi connectivity index (χ0n) is 13.6. The van der Waals surface area contributed by atoms with Crippen LogP contribution in [-0.4, -0.2) is 27.8 Å². The number of nitrogen functional groups attached to an aromatic ring is 1. The first kappa shape index (κ1) is 16.0. The van der Waals surface area contributed by atoms with E-state index in [0.29, 0.717) is 22.5 Å². The number of halogens is 1. The number of rotatable bonds is 3. The molecule has 1 aliphatic rings. The van der Waals surface area contributed by atoms with Crippen LogP contribution in [0, 0.1) is 5.41 Å². The van der Waals surface area contributed by atoms with Crippen LogP contribution < -0.4 is 21.1 Å². The Hall–Kier alpha value is -3.54. The number of anilines is 2. The predicted octanol–water partition coefficient (Wildman–Crippen LogP) is 2.05. The quantitative estimate of drug-likeness (QED) is 0.324. The molecule has 0 aliphatic carbocycles. The number of benzene rings is 2. The molecule has 1 aliphatic heterocycles. The molecule has 2 heterocycles. The van der Waals surface area contributed by atoms with Crippen LogP contribution in [0.15, 0.2) is 54.7 Å². The Morgan fingerprint density at radius 1 is 1.15 bits per heavy atom. The Balaban J connectivity index is 1.79. The van der Waals surface area contributed by atoms with E-state index in [0.717, 1.165) is 22.4 Å². The number of hydrogen-bond donors (Lipinski definition) is 4. The Bertz CT molecular complexity index is 1040. The summed E-state index contributed by atoms with van der Waals surface area (Å²) in [5.41, 5.74) is 3.31. The first-order valence-electron chi connectivity index (χ1n) is 7.83. The van der Waals surface area contributed by atoms with Crippen molar-refractivity contribution in [2.24, 2.45) is 0 Å². The molecule has 0 unspecified atom stereocenters. The van der Waals surface area contributed by atoms with Crippen molar-refractivity contribution >= 4 is 41.0 Å². The lowest BCUT2D eigenvalue weighted by atomic mass is 10.1. The molecule has 0 saturated carbocycles. The molecular weight excluding hydrogens is 350 g/mol. The summed E-state index contributed by atoms with van der Waals surface area (Å²) >= 11 is 5.95. The lowest BCUT2D eigenvalue weighted by Gasteiger charge is -2.10. The molecular formula is C18H15ClN7+. The van der Waals surface area contributed by atoms with E-state index in [1.165, 1.54) is 11.0 Å². The maximum absolute atomic E-state index is 7.31. The molecule has 0 amide bonds. The number of fused-ring (bicyclic) bond motifs is 1. The van der Waals surface area contributed by atoms with Gasteiger partial charge < -0.3 is 11.3 Å². The van der Waals surface area contributed by atoms with Gasteiger partial charge in [-0.2, -0.15) is 5.10 Å². The summed E-state index contributed by atoms with van der Waals surface area (Å²) < 4.78 is 4.69. The van der Waals surface area contributed by atoms with Gasteiger partial charge >= 0.3 is 11.7 Å². The third kappa shape index (κ3) is 2.93. The third-order valence-corrected chi connectivity index (χ3v) is 4.22. The van der Waals surface area contributed by atoms with Gasteiger partial charge in [0.25, 0.3) is 0 Å². The van der Waals surface area contributed by atoms with Crippen molar-refractivity contribution in [1.82, 2.24) is 14.6 Å². The Labute approximate surface area is 154 Å². The molecule has 2 aromatic carbocycles. The fourth-order valence-corrected chi connectivity index (χ4v) is 2.74. The van der Waals surface area contributed by atoms with E-state index in [9.17, 15) is 0 Å². The van der Waals surface area contributed by atoms with Crippen LogP contribution in [0.2, 0.25) is 5.02 Å². The minimum absolute atomic E-state index is 0.629. The van der Waals surface area contributed by atoms with Crippen LogP contribution in [0.3, 0.4) is 0 Å². The maximum Gasteiger partial charge on any atom is 0.328 e. The summed E-state index contributed by atoms with van der Waals surface area (Å²) in [5.74, 6) is 7.83. The van der Waals surface area contributed by atoms with E-state index in [2.05, 4.69) is 15.7 Å². The average Bonchev–Trinajstić information content (AvgIpc) is 3.05. The highest BCUT2D eigenvalue weighted by atomic mass is 35.5. The summed E-state index contributed by atoms with van der Waals surface area (Å²) in [4.78, 5) is 1.28. The smallest absolute Gasteiger partial charge is 0.320 e.